The summed E-state index contributed by atoms with van der Waals surface area (Å²) in [6.45, 7) is 0. The summed E-state index contributed by atoms with van der Waals surface area (Å²) < 4.78 is 129. The number of hydrogen-bond donors (Lipinski definition) is 0. The number of hydrogen-bond acceptors (Lipinski definition) is 4. The van der Waals surface area contributed by atoms with E-state index in [4.69, 9.17) is 0 Å². The molecule has 0 fully saturated rings. The smallest absolute Gasteiger partial charge is 0.218 e. The van der Waals surface area contributed by atoms with Gasteiger partial charge in [-0.1, -0.05) is 12.1 Å². The van der Waals surface area contributed by atoms with Gasteiger partial charge in [0, 0.05) is 6.42 Å². The van der Waals surface area contributed by atoms with E-state index >= 15 is 0 Å². The highest BCUT2D eigenvalue weighted by Crippen LogP contribution is 2.37. The summed E-state index contributed by atoms with van der Waals surface area (Å²) in [7, 11) is -13.4. The molecule has 23 heavy (non-hydrogen) atoms. The minimum absolute atomic E-state index is 0.531. The maximum atomic E-state index is 12.7. The molecule has 0 amide bonds. The van der Waals surface area contributed by atoms with Crippen LogP contribution in [-0.4, -0.2) is 32.4 Å². The number of benzene rings is 1. The Balaban J connectivity index is 3.49. The molecule has 0 saturated heterocycles. The SMILES string of the molecule is O=S(=O)(C(Cc1ccc(F)cc1)S(=O)(=O)C(F)(F)F)C(F)(F)F. The zero-order valence-electron chi connectivity index (χ0n) is 10.7. The molecule has 4 nitrogen and oxygen atoms in total. The first-order valence-electron chi connectivity index (χ1n) is 5.45. The molecule has 0 atom stereocenters. The largest absolute Gasteiger partial charge is 0.498 e. The van der Waals surface area contributed by atoms with Crippen molar-refractivity contribution in [3.63, 3.8) is 0 Å². The summed E-state index contributed by atoms with van der Waals surface area (Å²) in [6, 6.07) is 2.62. The molecule has 0 aromatic heterocycles. The molecule has 0 aliphatic carbocycles. The number of alkyl halides is 6. The molecular formula is C10H7F7O4S2. The average molecular weight is 388 g/mol. The molecule has 1 aromatic rings. The lowest BCUT2D eigenvalue weighted by atomic mass is 10.2. The van der Waals surface area contributed by atoms with Gasteiger partial charge in [-0.25, -0.2) is 21.2 Å². The quantitative estimate of drug-likeness (QED) is 0.744. The Hall–Kier alpha value is -1.37. The third-order valence-corrected chi connectivity index (χ3v) is 7.18. The Bertz CT molecular complexity index is 717. The molecule has 1 aromatic carbocycles. The van der Waals surface area contributed by atoms with Crippen molar-refractivity contribution in [3.05, 3.63) is 35.6 Å². The minimum atomic E-state index is -6.69. The first kappa shape index (κ1) is 19.7. The first-order chi connectivity index (χ1) is 10.1. The highest BCUT2D eigenvalue weighted by molar-refractivity contribution is 8.09. The second-order valence-electron chi connectivity index (χ2n) is 4.24. The fourth-order valence-corrected chi connectivity index (χ4v) is 4.91. The van der Waals surface area contributed by atoms with Crippen molar-refractivity contribution in [3.8, 4) is 0 Å². The maximum Gasteiger partial charge on any atom is 0.498 e. The van der Waals surface area contributed by atoms with E-state index < -0.39 is 53.1 Å². The molecule has 0 bridgehead atoms. The van der Waals surface area contributed by atoms with Crippen LogP contribution in [0.2, 0.25) is 0 Å². The summed E-state index contributed by atoms with van der Waals surface area (Å²) >= 11 is 0. The summed E-state index contributed by atoms with van der Waals surface area (Å²) in [6.07, 6.45) is -1.63. The molecule has 13 heteroatoms. The van der Waals surface area contributed by atoms with Crippen molar-refractivity contribution in [2.24, 2.45) is 0 Å². The maximum absolute atomic E-state index is 12.7. The lowest BCUT2D eigenvalue weighted by Gasteiger charge is -2.21. The molecule has 0 heterocycles. The minimum Gasteiger partial charge on any atom is -0.218 e. The van der Waals surface area contributed by atoms with Gasteiger partial charge in [0.15, 0.2) is 4.58 Å². The average Bonchev–Trinajstić information content (AvgIpc) is 2.34. The molecule has 1 rings (SSSR count). The molecule has 0 aliphatic heterocycles. The Morgan fingerprint density at radius 2 is 1.13 bits per heavy atom. The lowest BCUT2D eigenvalue weighted by Crippen LogP contribution is -2.46. The summed E-state index contributed by atoms with van der Waals surface area (Å²) in [5, 5.41) is 0. The van der Waals surface area contributed by atoms with Crippen LogP contribution in [0.1, 0.15) is 5.56 Å². The van der Waals surface area contributed by atoms with Crippen LogP contribution in [0.15, 0.2) is 24.3 Å². The third kappa shape index (κ3) is 3.94. The highest BCUT2D eigenvalue weighted by atomic mass is 32.3. The predicted molar refractivity (Wildman–Crippen MR) is 63.8 cm³/mol. The van der Waals surface area contributed by atoms with Crippen molar-refractivity contribution in [1.29, 1.82) is 0 Å². The molecular weight excluding hydrogens is 381 g/mol. The fraction of sp³-hybridized carbons (Fsp3) is 0.400. The van der Waals surface area contributed by atoms with Crippen LogP contribution in [0, 0.1) is 5.82 Å². The van der Waals surface area contributed by atoms with E-state index in [9.17, 15) is 47.6 Å². The van der Waals surface area contributed by atoms with Gasteiger partial charge in [-0.3, -0.25) is 0 Å². The fourth-order valence-electron chi connectivity index (χ4n) is 1.50. The van der Waals surface area contributed by atoms with Crippen molar-refractivity contribution >= 4 is 19.7 Å². The second kappa shape index (κ2) is 5.92. The Labute approximate surface area is 125 Å². The summed E-state index contributed by atoms with van der Waals surface area (Å²) in [5.41, 5.74) is -13.0. The highest BCUT2D eigenvalue weighted by Gasteiger charge is 2.62. The van der Waals surface area contributed by atoms with Gasteiger partial charge in [0.2, 0.25) is 0 Å². The third-order valence-electron chi connectivity index (χ3n) is 2.65. The topological polar surface area (TPSA) is 68.3 Å². The van der Waals surface area contributed by atoms with Crippen LogP contribution in [0.4, 0.5) is 30.7 Å². The summed E-state index contributed by atoms with van der Waals surface area (Å²) in [5.74, 6) is -0.900. The molecule has 0 saturated carbocycles. The van der Waals surface area contributed by atoms with Gasteiger partial charge in [-0.15, -0.1) is 0 Å². The molecule has 0 spiro atoms. The number of sulfone groups is 2. The van der Waals surface area contributed by atoms with Crippen LogP contribution in [0.5, 0.6) is 0 Å². The van der Waals surface area contributed by atoms with Crippen molar-refractivity contribution in [2.45, 2.75) is 22.0 Å². The molecule has 0 radical (unpaired) electrons. The second-order valence-corrected chi connectivity index (χ2v) is 8.78. The van der Waals surface area contributed by atoms with Gasteiger partial charge in [-0.05, 0) is 17.7 Å². The van der Waals surface area contributed by atoms with E-state index in [2.05, 4.69) is 0 Å². The normalized spacial score (nSPS) is 14.3. The number of rotatable bonds is 4. The van der Waals surface area contributed by atoms with Crippen molar-refractivity contribution in [1.82, 2.24) is 0 Å². The van der Waals surface area contributed by atoms with Gasteiger partial charge in [0.25, 0.3) is 19.7 Å². The van der Waals surface area contributed by atoms with E-state index in [-0.39, 0.29) is 0 Å². The van der Waals surface area contributed by atoms with E-state index in [1.165, 1.54) is 0 Å². The summed E-state index contributed by atoms with van der Waals surface area (Å²) in [4.78, 5) is 0. The van der Waals surface area contributed by atoms with E-state index in [0.29, 0.717) is 24.3 Å². The van der Waals surface area contributed by atoms with Crippen LogP contribution < -0.4 is 0 Å². The molecule has 132 valence electrons. The lowest BCUT2D eigenvalue weighted by molar-refractivity contribution is -0.0471. The Morgan fingerprint density at radius 3 is 1.43 bits per heavy atom. The van der Waals surface area contributed by atoms with Gasteiger partial charge in [0.05, 0.1) is 0 Å². The first-order valence-corrected chi connectivity index (χ1v) is 8.55. The van der Waals surface area contributed by atoms with Gasteiger partial charge in [-0.2, -0.15) is 26.3 Å². The van der Waals surface area contributed by atoms with Crippen LogP contribution in [0.25, 0.3) is 0 Å². The van der Waals surface area contributed by atoms with Crippen molar-refractivity contribution in [2.75, 3.05) is 0 Å². The van der Waals surface area contributed by atoms with Gasteiger partial charge in [0.1, 0.15) is 5.82 Å². The number of halogens is 7. The van der Waals surface area contributed by atoms with Crippen LogP contribution in [-0.2, 0) is 26.1 Å². The molecule has 0 aliphatic rings. The van der Waals surface area contributed by atoms with E-state index in [1.807, 2.05) is 0 Å². The van der Waals surface area contributed by atoms with Gasteiger partial charge < -0.3 is 0 Å². The Morgan fingerprint density at radius 1 is 0.783 bits per heavy atom. The van der Waals surface area contributed by atoms with Crippen LogP contribution in [0.3, 0.4) is 0 Å². The van der Waals surface area contributed by atoms with E-state index in [0.717, 1.165) is 0 Å². The van der Waals surface area contributed by atoms with Crippen LogP contribution >= 0.6 is 0 Å². The molecule has 0 unspecified atom stereocenters. The Kier molecular flexibility index (Phi) is 5.07. The van der Waals surface area contributed by atoms with E-state index in [1.54, 1.807) is 0 Å². The predicted octanol–water partition coefficient (Wildman–Crippen LogP) is 2.56. The molecule has 0 N–H and O–H groups in total. The monoisotopic (exact) mass is 388 g/mol. The zero-order valence-corrected chi connectivity index (χ0v) is 12.3. The standard InChI is InChI=1S/C10H7F7O4S2/c11-7-3-1-6(2-4-7)5-8(22(18,19)9(12,13)14)23(20,21)10(15,16)17/h1-4,8H,5H2. The van der Waals surface area contributed by atoms with Crippen molar-refractivity contribution < 1.29 is 47.6 Å². The zero-order chi connectivity index (χ0) is 18.3. The van der Waals surface area contributed by atoms with Gasteiger partial charge >= 0.3 is 11.0 Å².